The molecule has 0 aromatic heterocycles. The third-order valence-corrected chi connectivity index (χ3v) is 3.81. The Balaban J connectivity index is 2.27. The highest BCUT2D eigenvalue weighted by Gasteiger charge is 2.30. The third kappa shape index (κ3) is 4.07. The van der Waals surface area contributed by atoms with Crippen molar-refractivity contribution in [1.82, 2.24) is 0 Å². The lowest BCUT2D eigenvalue weighted by Crippen LogP contribution is -2.14. The minimum Gasteiger partial charge on any atom is -0.321 e. The van der Waals surface area contributed by atoms with Gasteiger partial charge in [0.1, 0.15) is 0 Å². The van der Waals surface area contributed by atoms with E-state index in [1.165, 1.54) is 12.1 Å². The molecule has 2 aromatic carbocycles. The summed E-state index contributed by atoms with van der Waals surface area (Å²) in [7, 11) is 0. The van der Waals surface area contributed by atoms with Gasteiger partial charge in [0, 0.05) is 14.5 Å². The Hall–Kier alpha value is -1.34. The van der Waals surface area contributed by atoms with Crippen LogP contribution in [0.3, 0.4) is 0 Å². The summed E-state index contributed by atoms with van der Waals surface area (Å²) in [5.74, 6) is -0.611. The average molecular weight is 423 g/mol. The lowest BCUT2D eigenvalue weighted by molar-refractivity contribution is -0.137. The molecule has 7 heteroatoms. The summed E-state index contributed by atoms with van der Waals surface area (Å²) < 4.78 is 39.3. The van der Waals surface area contributed by atoms with E-state index in [0.717, 1.165) is 16.6 Å². The molecular weight excluding hydrogens is 415 g/mol. The fraction of sp³-hybridized carbons (Fsp3) is 0.0714. The van der Waals surface area contributed by atoms with Gasteiger partial charge >= 0.3 is 6.18 Å². The first kappa shape index (κ1) is 16.0. The van der Waals surface area contributed by atoms with E-state index in [-0.39, 0.29) is 5.56 Å². The molecule has 110 valence electrons. The van der Waals surface area contributed by atoms with Crippen molar-refractivity contribution in [2.45, 2.75) is 6.18 Å². The van der Waals surface area contributed by atoms with Gasteiger partial charge in [0.05, 0.1) is 11.3 Å². The second-order valence-corrected chi connectivity index (χ2v) is 5.93. The highest BCUT2D eigenvalue weighted by molar-refractivity contribution is 9.11. The predicted molar refractivity (Wildman–Crippen MR) is 81.2 cm³/mol. The Morgan fingerprint density at radius 1 is 1.05 bits per heavy atom. The number of carbonyl (C=O) groups is 1. The second kappa shape index (κ2) is 6.19. The smallest absolute Gasteiger partial charge is 0.321 e. The van der Waals surface area contributed by atoms with Crippen LogP contribution in [0, 0.1) is 0 Å². The fourth-order valence-corrected chi connectivity index (χ4v) is 2.33. The SMILES string of the molecule is O=C(Nc1cc(Br)ccc1Br)c1cccc(C(F)(F)F)c1. The molecule has 0 aliphatic rings. The van der Waals surface area contributed by atoms with Gasteiger partial charge in [0.25, 0.3) is 5.91 Å². The van der Waals surface area contributed by atoms with Crippen molar-refractivity contribution in [3.8, 4) is 0 Å². The van der Waals surface area contributed by atoms with Crippen LogP contribution in [0.2, 0.25) is 0 Å². The number of nitrogens with one attached hydrogen (secondary N) is 1. The molecule has 0 radical (unpaired) electrons. The van der Waals surface area contributed by atoms with E-state index in [2.05, 4.69) is 37.2 Å². The summed E-state index contributed by atoms with van der Waals surface area (Å²) in [4.78, 5) is 12.0. The number of amides is 1. The minimum atomic E-state index is -4.48. The Morgan fingerprint density at radius 2 is 1.76 bits per heavy atom. The summed E-state index contributed by atoms with van der Waals surface area (Å²) >= 11 is 6.52. The molecule has 0 aliphatic carbocycles. The summed E-state index contributed by atoms with van der Waals surface area (Å²) in [6, 6.07) is 9.41. The monoisotopic (exact) mass is 421 g/mol. The molecule has 0 spiro atoms. The lowest BCUT2D eigenvalue weighted by atomic mass is 10.1. The zero-order chi connectivity index (χ0) is 15.6. The van der Waals surface area contributed by atoms with Gasteiger partial charge in [-0.1, -0.05) is 22.0 Å². The molecule has 21 heavy (non-hydrogen) atoms. The van der Waals surface area contributed by atoms with Crippen LogP contribution < -0.4 is 5.32 Å². The zero-order valence-corrected chi connectivity index (χ0v) is 13.5. The van der Waals surface area contributed by atoms with Crippen molar-refractivity contribution in [1.29, 1.82) is 0 Å². The summed E-state index contributed by atoms with van der Waals surface area (Å²) in [6.07, 6.45) is -4.48. The van der Waals surface area contributed by atoms with E-state index in [0.29, 0.717) is 10.2 Å². The number of anilines is 1. The number of hydrogen-bond donors (Lipinski definition) is 1. The molecule has 0 atom stereocenters. The van der Waals surface area contributed by atoms with Crippen LogP contribution in [-0.4, -0.2) is 5.91 Å². The van der Waals surface area contributed by atoms with Gasteiger partial charge in [-0.3, -0.25) is 4.79 Å². The Bertz CT molecular complexity index is 686. The molecule has 0 bridgehead atoms. The number of benzene rings is 2. The van der Waals surface area contributed by atoms with E-state index < -0.39 is 17.6 Å². The normalized spacial score (nSPS) is 11.3. The standard InChI is InChI=1S/C14H8Br2F3NO/c15-10-4-5-11(16)12(7-10)20-13(21)8-2-1-3-9(6-8)14(17,18)19/h1-7H,(H,20,21). The van der Waals surface area contributed by atoms with Crippen molar-refractivity contribution in [2.24, 2.45) is 0 Å². The van der Waals surface area contributed by atoms with Crippen molar-refractivity contribution in [3.63, 3.8) is 0 Å². The van der Waals surface area contributed by atoms with Gasteiger partial charge in [0.15, 0.2) is 0 Å². The van der Waals surface area contributed by atoms with E-state index in [4.69, 9.17) is 0 Å². The topological polar surface area (TPSA) is 29.1 Å². The number of rotatable bonds is 2. The minimum absolute atomic E-state index is 0.0586. The number of carbonyl (C=O) groups excluding carboxylic acids is 1. The van der Waals surface area contributed by atoms with Gasteiger partial charge < -0.3 is 5.32 Å². The van der Waals surface area contributed by atoms with Crippen LogP contribution >= 0.6 is 31.9 Å². The maximum Gasteiger partial charge on any atom is 0.416 e. The maximum atomic E-state index is 12.6. The van der Waals surface area contributed by atoms with Gasteiger partial charge in [-0.05, 0) is 52.3 Å². The quantitative estimate of drug-likeness (QED) is 0.681. The molecule has 2 aromatic rings. The summed E-state index contributed by atoms with van der Waals surface area (Å²) in [5, 5.41) is 2.56. The van der Waals surface area contributed by atoms with E-state index in [1.807, 2.05) is 0 Å². The molecule has 2 nitrogen and oxygen atoms in total. The number of alkyl halides is 3. The van der Waals surface area contributed by atoms with Crippen LogP contribution in [0.25, 0.3) is 0 Å². The molecule has 0 aliphatic heterocycles. The third-order valence-electron chi connectivity index (χ3n) is 2.63. The van der Waals surface area contributed by atoms with Gasteiger partial charge in [-0.2, -0.15) is 13.2 Å². The van der Waals surface area contributed by atoms with Crippen LogP contribution in [-0.2, 0) is 6.18 Å². The molecule has 0 fully saturated rings. The first-order chi connectivity index (χ1) is 9.77. The van der Waals surface area contributed by atoms with Crippen LogP contribution in [0.15, 0.2) is 51.4 Å². The molecule has 0 heterocycles. The Kier molecular flexibility index (Phi) is 4.73. The first-order valence-corrected chi connectivity index (χ1v) is 7.29. The van der Waals surface area contributed by atoms with Crippen LogP contribution in [0.4, 0.5) is 18.9 Å². The van der Waals surface area contributed by atoms with E-state index in [9.17, 15) is 18.0 Å². The number of halogens is 5. The van der Waals surface area contributed by atoms with Crippen LogP contribution in [0.1, 0.15) is 15.9 Å². The molecule has 2 rings (SSSR count). The molecule has 1 N–H and O–H groups in total. The fourth-order valence-electron chi connectivity index (χ4n) is 1.62. The molecular formula is C14H8Br2F3NO. The summed E-state index contributed by atoms with van der Waals surface area (Å²) in [5.41, 5.74) is -0.452. The average Bonchev–Trinajstić information content (AvgIpc) is 2.42. The first-order valence-electron chi connectivity index (χ1n) is 5.71. The second-order valence-electron chi connectivity index (χ2n) is 4.16. The maximum absolute atomic E-state index is 12.6. The van der Waals surface area contributed by atoms with E-state index in [1.54, 1.807) is 18.2 Å². The van der Waals surface area contributed by atoms with Crippen molar-refractivity contribution >= 4 is 43.5 Å². The zero-order valence-electron chi connectivity index (χ0n) is 10.3. The van der Waals surface area contributed by atoms with Gasteiger partial charge in [-0.25, -0.2) is 0 Å². The molecule has 0 saturated carbocycles. The lowest BCUT2D eigenvalue weighted by Gasteiger charge is -2.10. The molecule has 0 unspecified atom stereocenters. The van der Waals surface area contributed by atoms with Crippen molar-refractivity contribution in [3.05, 3.63) is 62.5 Å². The molecule has 0 saturated heterocycles. The van der Waals surface area contributed by atoms with Gasteiger partial charge in [-0.15, -0.1) is 0 Å². The number of hydrogen-bond acceptors (Lipinski definition) is 1. The Labute approximate surface area is 135 Å². The van der Waals surface area contributed by atoms with Crippen molar-refractivity contribution in [2.75, 3.05) is 5.32 Å². The van der Waals surface area contributed by atoms with Crippen LogP contribution in [0.5, 0.6) is 0 Å². The van der Waals surface area contributed by atoms with E-state index >= 15 is 0 Å². The van der Waals surface area contributed by atoms with Gasteiger partial charge in [0.2, 0.25) is 0 Å². The van der Waals surface area contributed by atoms with Crippen molar-refractivity contribution < 1.29 is 18.0 Å². The largest absolute Gasteiger partial charge is 0.416 e. The highest BCUT2D eigenvalue weighted by atomic mass is 79.9. The molecule has 1 amide bonds. The highest BCUT2D eigenvalue weighted by Crippen LogP contribution is 2.30. The summed E-state index contributed by atoms with van der Waals surface area (Å²) in [6.45, 7) is 0. The Morgan fingerprint density at radius 3 is 2.43 bits per heavy atom. The predicted octanol–water partition coefficient (Wildman–Crippen LogP) is 5.48.